The van der Waals surface area contributed by atoms with E-state index in [1.807, 2.05) is 24.3 Å². The van der Waals surface area contributed by atoms with Crippen molar-refractivity contribution in [3.8, 4) is 11.1 Å². The Morgan fingerprint density at radius 2 is 2.12 bits per heavy atom. The standard InChI is InChI=1S/C20H21NOS3/c1-20(10-13-3-2-4-14(9-13)11-20)21-18(22)16-7-5-15(6-8-16)17-12-24-25-19(17)23/h5-8,10,12,14H,2-4,9,11H2,1H3,(H,21,22). The van der Waals surface area contributed by atoms with Crippen LogP contribution in [-0.4, -0.2) is 11.4 Å². The van der Waals surface area contributed by atoms with Gasteiger partial charge in [0, 0.05) is 16.5 Å². The molecule has 2 unspecified atom stereocenters. The molecule has 0 radical (unpaired) electrons. The molecule has 2 bridgehead atoms. The van der Waals surface area contributed by atoms with E-state index in [2.05, 4.69) is 23.7 Å². The third kappa shape index (κ3) is 3.64. The maximum absolute atomic E-state index is 12.7. The number of carbonyl (C=O) groups excluding carboxylic acids is 1. The number of amides is 1. The lowest BCUT2D eigenvalue weighted by molar-refractivity contribution is 0.0905. The van der Waals surface area contributed by atoms with Crippen LogP contribution in [0.3, 0.4) is 0 Å². The summed E-state index contributed by atoms with van der Waals surface area (Å²) in [6.07, 6.45) is 8.38. The average Bonchev–Trinajstić information content (AvgIpc) is 3.00. The minimum absolute atomic E-state index is 0.0117. The summed E-state index contributed by atoms with van der Waals surface area (Å²) in [6, 6.07) is 7.80. The van der Waals surface area contributed by atoms with Gasteiger partial charge in [-0.25, -0.2) is 0 Å². The highest BCUT2D eigenvalue weighted by atomic mass is 32.9. The minimum atomic E-state index is -0.211. The minimum Gasteiger partial charge on any atom is -0.343 e. The van der Waals surface area contributed by atoms with E-state index in [-0.39, 0.29) is 11.4 Å². The lowest BCUT2D eigenvalue weighted by Crippen LogP contribution is -2.48. The zero-order chi connectivity index (χ0) is 17.4. The second kappa shape index (κ2) is 6.78. The maximum Gasteiger partial charge on any atom is 0.251 e. The van der Waals surface area contributed by atoms with Gasteiger partial charge in [0.1, 0.15) is 3.82 Å². The van der Waals surface area contributed by atoms with Crippen molar-refractivity contribution in [1.29, 1.82) is 0 Å². The highest BCUT2D eigenvalue weighted by Gasteiger charge is 2.34. The monoisotopic (exact) mass is 387 g/mol. The molecule has 1 N–H and O–H groups in total. The molecule has 1 aromatic heterocycles. The Balaban J connectivity index is 1.51. The smallest absolute Gasteiger partial charge is 0.251 e. The van der Waals surface area contributed by atoms with Gasteiger partial charge < -0.3 is 5.32 Å². The molecule has 5 heteroatoms. The van der Waals surface area contributed by atoms with Gasteiger partial charge in [-0.1, -0.05) is 56.7 Å². The lowest BCUT2D eigenvalue weighted by Gasteiger charge is -2.40. The molecule has 130 valence electrons. The summed E-state index contributed by atoms with van der Waals surface area (Å²) < 4.78 is 0.912. The second-order valence-electron chi connectivity index (χ2n) is 7.42. The number of allylic oxidation sites excluding steroid dienone is 1. The highest BCUT2D eigenvalue weighted by Crippen LogP contribution is 2.40. The third-order valence-electron chi connectivity index (χ3n) is 5.26. The van der Waals surface area contributed by atoms with Crippen molar-refractivity contribution in [2.45, 2.75) is 44.6 Å². The number of hydrogen-bond donors (Lipinski definition) is 1. The van der Waals surface area contributed by atoms with Crippen LogP contribution >= 0.6 is 32.9 Å². The summed E-state index contributed by atoms with van der Waals surface area (Å²) in [4.78, 5) is 12.7. The van der Waals surface area contributed by atoms with Gasteiger partial charge in [0.25, 0.3) is 5.91 Å². The van der Waals surface area contributed by atoms with Gasteiger partial charge in [-0.3, -0.25) is 4.79 Å². The first-order valence-corrected chi connectivity index (χ1v) is 11.4. The van der Waals surface area contributed by atoms with Gasteiger partial charge in [-0.2, -0.15) is 0 Å². The van der Waals surface area contributed by atoms with Crippen LogP contribution in [0.4, 0.5) is 0 Å². The molecule has 2 aliphatic carbocycles. The molecular formula is C20H21NOS3. The number of fused-ring (bicyclic) bond motifs is 2. The predicted molar refractivity (Wildman–Crippen MR) is 109 cm³/mol. The number of nitrogens with one attached hydrogen (secondary N) is 1. The van der Waals surface area contributed by atoms with E-state index < -0.39 is 0 Å². The maximum atomic E-state index is 12.7. The van der Waals surface area contributed by atoms with Crippen molar-refractivity contribution in [3.63, 3.8) is 0 Å². The van der Waals surface area contributed by atoms with Crippen LogP contribution in [0.15, 0.2) is 41.3 Å². The number of benzene rings is 1. The second-order valence-corrected chi connectivity index (χ2v) is 10.2. The van der Waals surface area contributed by atoms with Crippen molar-refractivity contribution in [2.75, 3.05) is 0 Å². The summed E-state index contributed by atoms with van der Waals surface area (Å²) in [5.74, 6) is 0.740. The number of carbonyl (C=O) groups is 1. The Hall–Kier alpha value is -1.30. The first-order valence-electron chi connectivity index (χ1n) is 8.74. The van der Waals surface area contributed by atoms with Gasteiger partial charge in [-0.15, -0.1) is 0 Å². The molecule has 2 aromatic rings. The largest absolute Gasteiger partial charge is 0.343 e. The Labute approximate surface area is 161 Å². The Kier molecular flexibility index (Phi) is 4.65. The van der Waals surface area contributed by atoms with E-state index in [0.29, 0.717) is 5.56 Å². The average molecular weight is 388 g/mol. The van der Waals surface area contributed by atoms with E-state index in [9.17, 15) is 4.79 Å². The molecule has 0 saturated heterocycles. The fourth-order valence-corrected chi connectivity index (χ4v) is 6.62. The Bertz CT molecular complexity index is 877. The van der Waals surface area contributed by atoms with Crippen molar-refractivity contribution in [3.05, 3.63) is 50.7 Å². The van der Waals surface area contributed by atoms with Crippen LogP contribution in [0.2, 0.25) is 0 Å². The van der Waals surface area contributed by atoms with Crippen molar-refractivity contribution >= 4 is 38.8 Å². The SMILES string of the molecule is CC1(NC(=O)c2ccc(-c3cssc3=S)cc2)C=C2CCCC(C2)C1. The topological polar surface area (TPSA) is 29.1 Å². The Morgan fingerprint density at radius 1 is 1.32 bits per heavy atom. The van der Waals surface area contributed by atoms with Gasteiger partial charge >= 0.3 is 0 Å². The van der Waals surface area contributed by atoms with Crippen LogP contribution < -0.4 is 5.32 Å². The summed E-state index contributed by atoms with van der Waals surface area (Å²) in [7, 11) is 3.27. The van der Waals surface area contributed by atoms with Gasteiger partial charge in [0.15, 0.2) is 0 Å². The molecule has 1 fully saturated rings. The van der Waals surface area contributed by atoms with Crippen LogP contribution in [0, 0.1) is 9.74 Å². The molecule has 2 nitrogen and oxygen atoms in total. The highest BCUT2D eigenvalue weighted by molar-refractivity contribution is 7.79. The Morgan fingerprint density at radius 3 is 2.80 bits per heavy atom. The fraction of sp³-hybridized carbons (Fsp3) is 0.400. The van der Waals surface area contributed by atoms with Crippen LogP contribution in [0.25, 0.3) is 11.1 Å². The molecule has 1 amide bonds. The molecule has 25 heavy (non-hydrogen) atoms. The molecule has 0 spiro atoms. The van der Waals surface area contributed by atoms with Crippen LogP contribution in [-0.2, 0) is 0 Å². The first kappa shape index (κ1) is 17.1. The van der Waals surface area contributed by atoms with Crippen LogP contribution in [0.5, 0.6) is 0 Å². The molecule has 4 rings (SSSR count). The van der Waals surface area contributed by atoms with E-state index in [1.165, 1.54) is 31.3 Å². The van der Waals surface area contributed by atoms with E-state index in [0.717, 1.165) is 27.3 Å². The van der Waals surface area contributed by atoms with Crippen molar-refractivity contribution < 1.29 is 4.79 Å². The third-order valence-corrected chi connectivity index (χ3v) is 7.93. The lowest BCUT2D eigenvalue weighted by atomic mass is 9.71. The number of hydrogen-bond acceptors (Lipinski definition) is 4. The summed E-state index contributed by atoms with van der Waals surface area (Å²) in [6.45, 7) is 2.16. The molecule has 1 saturated carbocycles. The molecule has 1 aromatic carbocycles. The zero-order valence-electron chi connectivity index (χ0n) is 14.2. The summed E-state index contributed by atoms with van der Waals surface area (Å²) in [5, 5.41) is 5.35. The fourth-order valence-electron chi connectivity index (χ4n) is 4.22. The molecule has 0 aliphatic heterocycles. The summed E-state index contributed by atoms with van der Waals surface area (Å²) in [5.41, 5.74) is 4.20. The number of rotatable bonds is 3. The molecule has 1 heterocycles. The zero-order valence-corrected chi connectivity index (χ0v) is 16.7. The first-order chi connectivity index (χ1) is 12.0. The summed E-state index contributed by atoms with van der Waals surface area (Å²) >= 11 is 5.36. The quantitative estimate of drug-likeness (QED) is 0.385. The molecular weight excluding hydrogens is 366 g/mol. The van der Waals surface area contributed by atoms with Gasteiger partial charge in [0.2, 0.25) is 0 Å². The van der Waals surface area contributed by atoms with Crippen LogP contribution in [0.1, 0.15) is 49.4 Å². The van der Waals surface area contributed by atoms with Gasteiger partial charge in [0.05, 0.1) is 5.54 Å². The van der Waals surface area contributed by atoms with E-state index >= 15 is 0 Å². The van der Waals surface area contributed by atoms with Crippen molar-refractivity contribution in [1.82, 2.24) is 5.32 Å². The van der Waals surface area contributed by atoms with E-state index in [1.54, 1.807) is 20.7 Å². The van der Waals surface area contributed by atoms with Crippen molar-refractivity contribution in [2.24, 2.45) is 5.92 Å². The van der Waals surface area contributed by atoms with E-state index in [4.69, 9.17) is 12.2 Å². The normalized spacial score (nSPS) is 25.3. The van der Waals surface area contributed by atoms with Gasteiger partial charge in [-0.05, 0) is 62.6 Å². The molecule has 2 aliphatic rings. The molecule has 2 atom stereocenters. The predicted octanol–water partition coefficient (Wildman–Crippen LogP) is 6.21.